The van der Waals surface area contributed by atoms with E-state index in [-0.39, 0.29) is 4.90 Å². The summed E-state index contributed by atoms with van der Waals surface area (Å²) in [6.07, 6.45) is 1.57. The van der Waals surface area contributed by atoms with Gasteiger partial charge in [-0.2, -0.15) is 0 Å². The summed E-state index contributed by atoms with van der Waals surface area (Å²) in [5.74, 6) is 0. The van der Waals surface area contributed by atoms with Gasteiger partial charge in [-0.15, -0.1) is 0 Å². The molecule has 0 aromatic heterocycles. The molecule has 0 radical (unpaired) electrons. The van der Waals surface area contributed by atoms with Crippen LogP contribution >= 0.6 is 7.92 Å². The standard InChI is InChI=1S/C18H15P.C8H8O3S/c1-4-10-16(11-5-1)19(17-12-6-2-7-13-17)18-14-8-3-9-15-18;1-2-7-3-5-8(6-4-7)12(9,10)11/h1-15H;2-6H,1H2,(H,9,10,11). The van der Waals surface area contributed by atoms with E-state index in [1.807, 2.05) is 0 Å². The lowest BCUT2D eigenvalue weighted by Gasteiger charge is -2.10. The van der Waals surface area contributed by atoms with Crippen molar-refractivity contribution in [1.29, 1.82) is 0 Å². The molecule has 0 unspecified atom stereocenters. The zero-order valence-electron chi connectivity index (χ0n) is 16.9. The summed E-state index contributed by atoms with van der Waals surface area (Å²) in [7, 11) is -5.19. The molecule has 0 bridgehead atoms. The largest absolute Gasteiger partial charge is 0.744 e. The maximum Gasteiger partial charge on any atom is 0.124 e. The summed E-state index contributed by atoms with van der Waals surface area (Å²) in [4.78, 5) is -0.215. The van der Waals surface area contributed by atoms with Crippen LogP contribution in [0.3, 0.4) is 0 Å². The maximum absolute atomic E-state index is 10.5. The van der Waals surface area contributed by atoms with Crippen molar-refractivity contribution in [3.05, 3.63) is 127 Å². The molecule has 4 aromatic rings. The minimum Gasteiger partial charge on any atom is -0.744 e. The van der Waals surface area contributed by atoms with Crippen molar-refractivity contribution < 1.29 is 13.0 Å². The molecule has 4 rings (SSSR count). The first-order chi connectivity index (χ1) is 15.0. The van der Waals surface area contributed by atoms with E-state index in [0.717, 1.165) is 5.56 Å². The summed E-state index contributed by atoms with van der Waals surface area (Å²) >= 11 is 0. The van der Waals surface area contributed by atoms with Crippen molar-refractivity contribution in [1.82, 2.24) is 0 Å². The molecule has 0 atom stereocenters. The second-order valence-corrected chi connectivity index (χ2v) is 10.6. The first-order valence-corrected chi connectivity index (χ1v) is 12.6. The third-order valence-electron chi connectivity index (χ3n) is 4.59. The molecule has 3 nitrogen and oxygen atoms in total. The Kier molecular flexibility index (Phi) is 7.91. The molecule has 0 aliphatic heterocycles. The van der Waals surface area contributed by atoms with Gasteiger partial charge < -0.3 is 4.55 Å². The van der Waals surface area contributed by atoms with Gasteiger partial charge in [0.15, 0.2) is 0 Å². The van der Waals surface area contributed by atoms with Crippen LogP contribution < -0.4 is 15.9 Å². The maximum atomic E-state index is 10.5. The minimum absolute atomic E-state index is 0.215. The number of benzene rings is 4. The minimum atomic E-state index is -4.31. The van der Waals surface area contributed by atoms with E-state index in [9.17, 15) is 13.0 Å². The van der Waals surface area contributed by atoms with Crippen LogP contribution in [-0.2, 0) is 10.1 Å². The van der Waals surface area contributed by atoms with Gasteiger partial charge in [0.2, 0.25) is 0 Å². The molecule has 156 valence electrons. The lowest BCUT2D eigenvalue weighted by Crippen LogP contribution is -2.20. The third kappa shape index (κ3) is 6.47. The molecular weight excluding hydrogens is 423 g/mol. The Morgan fingerprint density at radius 2 is 0.968 bits per heavy atom. The van der Waals surface area contributed by atoms with Gasteiger partial charge in [0.25, 0.3) is 0 Å². The zero-order chi connectivity index (χ0) is 22.1. The van der Waals surface area contributed by atoms with Crippen LogP contribution in [0, 0.1) is 0 Å². The van der Waals surface area contributed by atoms with Gasteiger partial charge in [-0.3, -0.25) is 0 Å². The monoisotopic (exact) mass is 446 g/mol. The highest BCUT2D eigenvalue weighted by molar-refractivity contribution is 7.85. The number of hydrogen-bond acceptors (Lipinski definition) is 3. The van der Waals surface area contributed by atoms with E-state index in [4.69, 9.17) is 0 Å². The van der Waals surface area contributed by atoms with Gasteiger partial charge in [0.1, 0.15) is 26.0 Å². The molecule has 0 fully saturated rings. The van der Waals surface area contributed by atoms with Crippen LogP contribution in [0.4, 0.5) is 0 Å². The van der Waals surface area contributed by atoms with Crippen molar-refractivity contribution in [3.63, 3.8) is 0 Å². The van der Waals surface area contributed by atoms with E-state index in [1.54, 1.807) is 6.08 Å². The zero-order valence-corrected chi connectivity index (χ0v) is 18.7. The molecule has 0 aliphatic carbocycles. The average Bonchev–Trinajstić information content (AvgIpc) is 2.81. The predicted molar refractivity (Wildman–Crippen MR) is 131 cm³/mol. The van der Waals surface area contributed by atoms with Crippen molar-refractivity contribution in [3.8, 4) is 0 Å². The van der Waals surface area contributed by atoms with Gasteiger partial charge >= 0.3 is 0 Å². The summed E-state index contributed by atoms with van der Waals surface area (Å²) < 4.78 is 31.4. The van der Waals surface area contributed by atoms with Crippen LogP contribution in [-0.4, -0.2) is 13.0 Å². The SMILES string of the molecule is C=Cc1ccc(S(=O)(=O)[O-])cc1.c1ccc([PH+](c2ccccc2)c2ccccc2)cc1. The molecule has 31 heavy (non-hydrogen) atoms. The fourth-order valence-corrected chi connectivity index (χ4v) is 6.13. The van der Waals surface area contributed by atoms with Crippen LogP contribution in [0.2, 0.25) is 0 Å². The topological polar surface area (TPSA) is 57.2 Å². The van der Waals surface area contributed by atoms with E-state index in [2.05, 4.69) is 97.6 Å². The van der Waals surface area contributed by atoms with E-state index >= 15 is 0 Å². The Morgan fingerprint density at radius 1 is 0.613 bits per heavy atom. The molecule has 0 N–H and O–H groups in total. The Morgan fingerprint density at radius 3 is 1.26 bits per heavy atom. The molecule has 0 saturated carbocycles. The lowest BCUT2D eigenvalue weighted by molar-refractivity contribution is 0.463. The second kappa shape index (κ2) is 10.8. The second-order valence-electron chi connectivity index (χ2n) is 6.70. The van der Waals surface area contributed by atoms with Gasteiger partial charge in [0, 0.05) is 0 Å². The van der Waals surface area contributed by atoms with Gasteiger partial charge in [-0.25, -0.2) is 8.42 Å². The fourth-order valence-electron chi connectivity index (χ4n) is 3.09. The average molecular weight is 447 g/mol. The van der Waals surface area contributed by atoms with Gasteiger partial charge in [-0.1, -0.05) is 79.4 Å². The lowest BCUT2D eigenvalue weighted by atomic mass is 10.2. The molecule has 0 spiro atoms. The van der Waals surface area contributed by atoms with Crippen LogP contribution in [0.1, 0.15) is 5.56 Å². The highest BCUT2D eigenvalue weighted by Crippen LogP contribution is 2.32. The molecule has 5 heteroatoms. The van der Waals surface area contributed by atoms with Crippen molar-refractivity contribution in [2.75, 3.05) is 0 Å². The Labute approximate surface area is 185 Å². The van der Waals surface area contributed by atoms with Gasteiger partial charge in [0.05, 0.1) is 12.8 Å². The number of hydrogen-bond donors (Lipinski definition) is 0. The van der Waals surface area contributed by atoms with Crippen molar-refractivity contribution in [2.45, 2.75) is 4.90 Å². The van der Waals surface area contributed by atoms with Crippen LogP contribution in [0.15, 0.2) is 127 Å². The quantitative estimate of drug-likeness (QED) is 0.337. The highest BCUT2D eigenvalue weighted by Gasteiger charge is 2.24. The molecular formula is C26H23O3PS. The summed E-state index contributed by atoms with van der Waals surface area (Å²) in [5.41, 5.74) is 0.780. The molecule has 0 heterocycles. The first kappa shape index (κ1) is 22.6. The van der Waals surface area contributed by atoms with Crippen molar-refractivity contribution in [2.24, 2.45) is 0 Å². The summed E-state index contributed by atoms with van der Waals surface area (Å²) in [5, 5.41) is 4.31. The smallest absolute Gasteiger partial charge is 0.124 e. The summed E-state index contributed by atoms with van der Waals surface area (Å²) in [6.45, 7) is 3.50. The Bertz CT molecular complexity index is 1100. The van der Waals surface area contributed by atoms with E-state index in [1.165, 1.54) is 40.2 Å². The Hall–Kier alpha value is -3.04. The number of rotatable bonds is 5. The molecule has 0 saturated heterocycles. The highest BCUT2D eigenvalue weighted by atomic mass is 32.2. The molecule has 0 amide bonds. The third-order valence-corrected chi connectivity index (χ3v) is 8.17. The summed E-state index contributed by atoms with van der Waals surface area (Å²) in [6, 6.07) is 38.1. The fraction of sp³-hybridized carbons (Fsp3) is 0. The predicted octanol–water partition coefficient (Wildman–Crippen LogP) is 4.41. The van der Waals surface area contributed by atoms with E-state index in [0.29, 0.717) is 0 Å². The normalized spacial score (nSPS) is 10.8. The Balaban J connectivity index is 0.000000196. The first-order valence-electron chi connectivity index (χ1n) is 9.70. The van der Waals surface area contributed by atoms with Gasteiger partial charge in [-0.05, 0) is 54.1 Å². The van der Waals surface area contributed by atoms with Crippen LogP contribution in [0.25, 0.3) is 6.08 Å². The van der Waals surface area contributed by atoms with Crippen molar-refractivity contribution >= 4 is 40.0 Å². The molecule has 4 aromatic carbocycles. The van der Waals surface area contributed by atoms with E-state index < -0.39 is 18.0 Å². The van der Waals surface area contributed by atoms with Crippen LogP contribution in [0.5, 0.6) is 0 Å². The molecule has 0 aliphatic rings.